The lowest BCUT2D eigenvalue weighted by Crippen LogP contribution is -2.21. The highest BCUT2D eigenvalue weighted by Gasteiger charge is 2.44. The second kappa shape index (κ2) is 10.6. The fourth-order valence-electron chi connectivity index (χ4n) is 3.43. The van der Waals surface area contributed by atoms with Crippen molar-refractivity contribution in [2.45, 2.75) is 24.6 Å². The summed E-state index contributed by atoms with van der Waals surface area (Å²) in [5.74, 6) is 2.33. The zero-order chi connectivity index (χ0) is 24.1. The maximum Gasteiger partial charge on any atom is 0.522 e. The van der Waals surface area contributed by atoms with E-state index in [1.54, 1.807) is 0 Å². The molecule has 0 spiro atoms. The van der Waals surface area contributed by atoms with Gasteiger partial charge in [-0.3, -0.25) is 4.55 Å². The molecule has 0 aromatic heterocycles. The Labute approximate surface area is 195 Å². The number of hydrogen-bond acceptors (Lipinski definition) is 3. The van der Waals surface area contributed by atoms with Crippen LogP contribution < -0.4 is 0 Å². The summed E-state index contributed by atoms with van der Waals surface area (Å²) in [6, 6.07) is 28.8. The van der Waals surface area contributed by atoms with Crippen molar-refractivity contribution in [1.29, 1.82) is 0 Å². The minimum atomic E-state index is -5.84. The third kappa shape index (κ3) is 6.28. The Bertz CT molecular complexity index is 1280. The van der Waals surface area contributed by atoms with Gasteiger partial charge in [0.05, 0.1) is 0 Å². The van der Waals surface area contributed by atoms with Crippen molar-refractivity contribution in [2.75, 3.05) is 5.75 Å². The quantitative estimate of drug-likeness (QED) is 0.134. The van der Waals surface area contributed by atoms with Crippen LogP contribution in [0.15, 0.2) is 78.9 Å². The third-order valence-corrected chi connectivity index (χ3v) is 6.74. The maximum absolute atomic E-state index is 10.7. The van der Waals surface area contributed by atoms with Gasteiger partial charge in [0.25, 0.3) is 0 Å². The first-order chi connectivity index (χ1) is 15.6. The molecular weight excluding hydrogens is 469 g/mol. The first-order valence-electron chi connectivity index (χ1n) is 10.2. The van der Waals surface area contributed by atoms with Crippen LogP contribution in [0.1, 0.15) is 18.9 Å². The van der Waals surface area contributed by atoms with Gasteiger partial charge in [0.15, 0.2) is 0 Å². The summed E-state index contributed by atoms with van der Waals surface area (Å²) < 4.78 is 57.5. The Morgan fingerprint density at radius 1 is 0.848 bits per heavy atom. The summed E-state index contributed by atoms with van der Waals surface area (Å²) in [4.78, 5) is 0. The largest absolute Gasteiger partial charge is 0.522 e. The fourth-order valence-corrected chi connectivity index (χ4v) is 4.29. The molecule has 4 aromatic carbocycles. The van der Waals surface area contributed by atoms with Crippen molar-refractivity contribution in [2.24, 2.45) is 0 Å². The van der Waals surface area contributed by atoms with Crippen LogP contribution in [0.2, 0.25) is 0 Å². The Morgan fingerprint density at radius 2 is 1.33 bits per heavy atom. The number of hydrogen-bond donors (Lipinski definition) is 1. The molecule has 0 saturated heterocycles. The van der Waals surface area contributed by atoms with Crippen LogP contribution in [0.5, 0.6) is 0 Å². The predicted molar refractivity (Wildman–Crippen MR) is 131 cm³/mol. The van der Waals surface area contributed by atoms with Crippen LogP contribution in [0.4, 0.5) is 13.2 Å². The SMILES string of the molecule is CCCSCc1ccc(-c2c3ccccc3cc3ccccc23)cc1.O=S(=O)(O)C(F)(F)F. The molecule has 0 amide bonds. The van der Waals surface area contributed by atoms with Crippen LogP contribution in [-0.2, 0) is 15.9 Å². The van der Waals surface area contributed by atoms with Crippen LogP contribution in [0, 0.1) is 0 Å². The molecule has 0 atom stereocenters. The molecule has 0 aliphatic carbocycles. The van der Waals surface area contributed by atoms with Crippen molar-refractivity contribution in [3.05, 3.63) is 84.4 Å². The molecule has 4 rings (SSSR count). The van der Waals surface area contributed by atoms with Crippen molar-refractivity contribution in [1.82, 2.24) is 0 Å². The molecule has 0 heterocycles. The van der Waals surface area contributed by atoms with Crippen molar-refractivity contribution < 1.29 is 26.1 Å². The van der Waals surface area contributed by atoms with E-state index in [0.717, 1.165) is 5.75 Å². The highest BCUT2D eigenvalue weighted by atomic mass is 32.2. The molecule has 0 fully saturated rings. The van der Waals surface area contributed by atoms with Gasteiger partial charge < -0.3 is 0 Å². The molecule has 0 radical (unpaired) electrons. The van der Waals surface area contributed by atoms with E-state index in [9.17, 15) is 13.2 Å². The van der Waals surface area contributed by atoms with Crippen molar-refractivity contribution in [3.8, 4) is 11.1 Å². The Kier molecular flexibility index (Phi) is 8.05. The zero-order valence-corrected chi connectivity index (χ0v) is 19.5. The topological polar surface area (TPSA) is 54.4 Å². The highest BCUT2D eigenvalue weighted by molar-refractivity contribution is 7.98. The Morgan fingerprint density at radius 3 is 1.79 bits per heavy atom. The van der Waals surface area contributed by atoms with Gasteiger partial charge in [0.1, 0.15) is 0 Å². The molecule has 3 nitrogen and oxygen atoms in total. The van der Waals surface area contributed by atoms with E-state index in [4.69, 9.17) is 13.0 Å². The van der Waals surface area contributed by atoms with Gasteiger partial charge in [0.2, 0.25) is 0 Å². The van der Waals surface area contributed by atoms with E-state index in [2.05, 4.69) is 85.8 Å². The van der Waals surface area contributed by atoms with Gasteiger partial charge in [-0.2, -0.15) is 33.4 Å². The summed E-state index contributed by atoms with van der Waals surface area (Å²) in [6.07, 6.45) is 1.24. The minimum absolute atomic E-state index is 1.10. The summed E-state index contributed by atoms with van der Waals surface area (Å²) in [6.45, 7) is 2.24. The molecule has 0 aliphatic rings. The second-order valence-electron chi connectivity index (χ2n) is 7.36. The number of alkyl halides is 3. The first-order valence-corrected chi connectivity index (χ1v) is 12.8. The van der Waals surface area contributed by atoms with E-state index in [0.29, 0.717) is 0 Å². The molecule has 0 bridgehead atoms. The predicted octanol–water partition coefficient (Wildman–Crippen LogP) is 7.70. The molecule has 0 aliphatic heterocycles. The molecular formula is C25H23F3O3S2. The molecule has 4 aromatic rings. The summed E-state index contributed by atoms with van der Waals surface area (Å²) in [7, 11) is -5.84. The van der Waals surface area contributed by atoms with Gasteiger partial charge >= 0.3 is 15.6 Å². The fraction of sp³-hybridized carbons (Fsp3) is 0.200. The van der Waals surface area contributed by atoms with E-state index in [1.807, 2.05) is 11.8 Å². The molecule has 33 heavy (non-hydrogen) atoms. The number of benzene rings is 4. The number of thioether (sulfide) groups is 1. The standard InChI is InChI=1S/C24H22S.CHF3O3S/c1-2-15-25-17-18-11-13-19(14-12-18)24-22-9-5-3-7-20(22)16-21-8-4-6-10-23(21)24;2-1(3,4)8(5,6)7/h3-14,16H,2,15,17H2,1H3;(H,5,6,7). The van der Waals surface area contributed by atoms with Gasteiger partial charge in [-0.1, -0.05) is 79.7 Å². The number of fused-ring (bicyclic) bond motifs is 2. The molecule has 174 valence electrons. The second-order valence-corrected chi connectivity index (χ2v) is 9.88. The first kappa shape index (κ1) is 25.1. The summed E-state index contributed by atoms with van der Waals surface area (Å²) >= 11 is 2.01. The van der Waals surface area contributed by atoms with Crippen LogP contribution in [0.3, 0.4) is 0 Å². The van der Waals surface area contributed by atoms with Crippen LogP contribution >= 0.6 is 11.8 Å². The highest BCUT2D eigenvalue weighted by Crippen LogP contribution is 2.36. The average molecular weight is 493 g/mol. The molecule has 0 saturated carbocycles. The number of rotatable bonds is 5. The maximum atomic E-state index is 10.7. The smallest absolute Gasteiger partial charge is 0.279 e. The van der Waals surface area contributed by atoms with Gasteiger partial charge in [0, 0.05) is 5.75 Å². The van der Waals surface area contributed by atoms with Crippen molar-refractivity contribution >= 4 is 43.4 Å². The van der Waals surface area contributed by atoms with Crippen molar-refractivity contribution in [3.63, 3.8) is 0 Å². The van der Waals surface area contributed by atoms with Gasteiger partial charge in [-0.15, -0.1) is 0 Å². The molecule has 0 unspecified atom stereocenters. The summed E-state index contributed by atoms with van der Waals surface area (Å²) in [5.41, 5.74) is -1.47. The molecule has 8 heteroatoms. The summed E-state index contributed by atoms with van der Waals surface area (Å²) in [5, 5.41) is 5.26. The lowest BCUT2D eigenvalue weighted by molar-refractivity contribution is -0.0510. The third-order valence-electron chi connectivity index (χ3n) is 4.92. The van der Waals surface area contributed by atoms with E-state index < -0.39 is 15.6 Å². The Hall–Kier alpha value is -2.55. The normalized spacial score (nSPS) is 11.9. The van der Waals surface area contributed by atoms with Gasteiger partial charge in [-0.05, 0) is 56.5 Å². The average Bonchev–Trinajstić information content (AvgIpc) is 2.77. The van der Waals surface area contributed by atoms with E-state index >= 15 is 0 Å². The lowest BCUT2D eigenvalue weighted by Gasteiger charge is -2.12. The zero-order valence-electron chi connectivity index (χ0n) is 17.8. The lowest BCUT2D eigenvalue weighted by atomic mass is 9.92. The minimum Gasteiger partial charge on any atom is -0.279 e. The van der Waals surface area contributed by atoms with E-state index in [1.165, 1.54) is 50.4 Å². The molecule has 1 N–H and O–H groups in total. The Balaban J connectivity index is 0.000000331. The monoisotopic (exact) mass is 492 g/mol. The van der Waals surface area contributed by atoms with Gasteiger partial charge in [-0.25, -0.2) is 0 Å². The van der Waals surface area contributed by atoms with Crippen LogP contribution in [-0.4, -0.2) is 24.2 Å². The van der Waals surface area contributed by atoms with E-state index in [-0.39, 0.29) is 0 Å². The van der Waals surface area contributed by atoms with Crippen LogP contribution in [0.25, 0.3) is 32.7 Å². The number of halogens is 3.